The van der Waals surface area contributed by atoms with Gasteiger partial charge in [0, 0.05) is 30.2 Å². The summed E-state index contributed by atoms with van der Waals surface area (Å²) in [7, 11) is 3.67. The molecule has 1 aromatic rings. The third-order valence-electron chi connectivity index (χ3n) is 3.09. The largest absolute Gasteiger partial charge is 0.495 e. The van der Waals surface area contributed by atoms with Crippen LogP contribution in [0.25, 0.3) is 0 Å². The molecule has 1 N–H and O–H groups in total. The molecule has 16 heavy (non-hydrogen) atoms. The molecule has 1 saturated heterocycles. The Morgan fingerprint density at radius 3 is 2.69 bits per heavy atom. The summed E-state index contributed by atoms with van der Waals surface area (Å²) in [5.74, 6) is 0.852. The van der Waals surface area contributed by atoms with Crippen molar-refractivity contribution in [3.8, 4) is 5.75 Å². The van der Waals surface area contributed by atoms with Crippen molar-refractivity contribution in [2.75, 3.05) is 32.1 Å². The average Bonchev–Trinajstić information content (AvgIpc) is 2.21. The van der Waals surface area contributed by atoms with Gasteiger partial charge in [0.1, 0.15) is 5.75 Å². The second-order valence-electron chi connectivity index (χ2n) is 4.16. The number of aryl methyl sites for hydroxylation is 1. The van der Waals surface area contributed by atoms with E-state index >= 15 is 0 Å². The lowest BCUT2D eigenvalue weighted by Crippen LogP contribution is -2.57. The third kappa shape index (κ3) is 1.97. The van der Waals surface area contributed by atoms with Crippen molar-refractivity contribution in [2.45, 2.75) is 13.0 Å². The van der Waals surface area contributed by atoms with E-state index in [2.05, 4.69) is 16.3 Å². The van der Waals surface area contributed by atoms with Crippen LogP contribution in [0.2, 0.25) is 5.02 Å². The first-order chi connectivity index (χ1) is 7.65. The number of anilines is 1. The van der Waals surface area contributed by atoms with Crippen LogP contribution in [-0.2, 0) is 0 Å². The van der Waals surface area contributed by atoms with E-state index in [1.54, 1.807) is 7.11 Å². The fourth-order valence-electron chi connectivity index (χ4n) is 1.92. The van der Waals surface area contributed by atoms with Crippen molar-refractivity contribution in [1.29, 1.82) is 0 Å². The number of rotatable bonds is 3. The molecule has 1 heterocycles. The molecule has 2 rings (SSSR count). The van der Waals surface area contributed by atoms with Crippen molar-refractivity contribution in [2.24, 2.45) is 0 Å². The average molecular weight is 241 g/mol. The SMILES string of the molecule is CNC1CN(c2cc(C)c(Cl)cc2OC)C1. The Balaban J connectivity index is 2.23. The van der Waals surface area contributed by atoms with Gasteiger partial charge in [-0.1, -0.05) is 11.6 Å². The normalized spacial score (nSPS) is 16.1. The summed E-state index contributed by atoms with van der Waals surface area (Å²) in [5, 5.41) is 4.01. The van der Waals surface area contributed by atoms with Crippen molar-refractivity contribution in [1.82, 2.24) is 5.32 Å². The van der Waals surface area contributed by atoms with Gasteiger partial charge in [0.15, 0.2) is 0 Å². The van der Waals surface area contributed by atoms with Gasteiger partial charge in [0.05, 0.1) is 12.8 Å². The van der Waals surface area contributed by atoms with E-state index in [1.807, 2.05) is 20.0 Å². The maximum absolute atomic E-state index is 6.08. The molecular formula is C12H17ClN2O. The standard InChI is InChI=1S/C12H17ClN2O/c1-8-4-11(12(16-3)5-10(8)13)15-6-9(7-15)14-2/h4-5,9,14H,6-7H2,1-3H3. The zero-order chi connectivity index (χ0) is 11.7. The van der Waals surface area contributed by atoms with Crippen molar-refractivity contribution in [3.05, 3.63) is 22.7 Å². The second kappa shape index (κ2) is 4.52. The maximum Gasteiger partial charge on any atom is 0.143 e. The van der Waals surface area contributed by atoms with Crippen LogP contribution < -0.4 is 15.0 Å². The Morgan fingerprint density at radius 2 is 2.12 bits per heavy atom. The van der Waals surface area contributed by atoms with Gasteiger partial charge < -0.3 is 15.0 Å². The molecule has 0 spiro atoms. The number of halogens is 1. The summed E-state index contributed by atoms with van der Waals surface area (Å²) in [6.45, 7) is 4.06. The van der Waals surface area contributed by atoms with E-state index in [0.29, 0.717) is 6.04 Å². The Bertz CT molecular complexity index is 389. The summed E-state index contributed by atoms with van der Waals surface area (Å²) in [5.41, 5.74) is 2.22. The van der Waals surface area contributed by atoms with Crippen LogP contribution in [0.3, 0.4) is 0 Å². The predicted octanol–water partition coefficient (Wildman–Crippen LogP) is 2.07. The number of nitrogens with one attached hydrogen (secondary N) is 1. The topological polar surface area (TPSA) is 24.5 Å². The molecule has 0 unspecified atom stereocenters. The minimum absolute atomic E-state index is 0.584. The number of hydrogen-bond acceptors (Lipinski definition) is 3. The first-order valence-corrected chi connectivity index (χ1v) is 5.80. The van der Waals surface area contributed by atoms with Crippen molar-refractivity contribution in [3.63, 3.8) is 0 Å². The number of ether oxygens (including phenoxy) is 1. The quantitative estimate of drug-likeness (QED) is 0.876. The molecule has 0 radical (unpaired) electrons. The number of hydrogen-bond donors (Lipinski definition) is 1. The summed E-state index contributed by atoms with van der Waals surface area (Å²) in [4.78, 5) is 2.29. The molecule has 4 heteroatoms. The number of nitrogens with zero attached hydrogens (tertiary/aromatic N) is 1. The molecule has 3 nitrogen and oxygen atoms in total. The molecular weight excluding hydrogens is 224 g/mol. The fourth-order valence-corrected chi connectivity index (χ4v) is 2.07. The summed E-state index contributed by atoms with van der Waals surface area (Å²) < 4.78 is 5.36. The summed E-state index contributed by atoms with van der Waals surface area (Å²) >= 11 is 6.08. The molecule has 0 amide bonds. The van der Waals surface area contributed by atoms with E-state index in [1.165, 1.54) is 0 Å². The van der Waals surface area contributed by atoms with Crippen LogP contribution in [0.4, 0.5) is 5.69 Å². The molecule has 0 saturated carbocycles. The fraction of sp³-hybridized carbons (Fsp3) is 0.500. The van der Waals surface area contributed by atoms with Crippen LogP contribution in [0.1, 0.15) is 5.56 Å². The Kier molecular flexibility index (Phi) is 3.26. The monoisotopic (exact) mass is 240 g/mol. The first kappa shape index (κ1) is 11.6. The highest BCUT2D eigenvalue weighted by Crippen LogP contribution is 2.35. The Labute approximate surface area is 101 Å². The van der Waals surface area contributed by atoms with E-state index in [0.717, 1.165) is 35.1 Å². The lowest BCUT2D eigenvalue weighted by Gasteiger charge is -2.41. The number of likely N-dealkylation sites (N-methyl/N-ethyl adjacent to an activating group) is 1. The highest BCUT2D eigenvalue weighted by molar-refractivity contribution is 6.31. The van der Waals surface area contributed by atoms with Gasteiger partial charge in [-0.15, -0.1) is 0 Å². The molecule has 88 valence electrons. The van der Waals surface area contributed by atoms with Gasteiger partial charge >= 0.3 is 0 Å². The Hall–Kier alpha value is -0.930. The van der Waals surface area contributed by atoms with Crippen LogP contribution in [0.15, 0.2) is 12.1 Å². The van der Waals surface area contributed by atoms with Crippen LogP contribution in [-0.4, -0.2) is 33.3 Å². The first-order valence-electron chi connectivity index (χ1n) is 5.42. The lowest BCUT2D eigenvalue weighted by atomic mass is 10.1. The number of benzene rings is 1. The minimum atomic E-state index is 0.584. The molecule has 1 aliphatic heterocycles. The van der Waals surface area contributed by atoms with E-state index < -0.39 is 0 Å². The predicted molar refractivity (Wildman–Crippen MR) is 67.8 cm³/mol. The van der Waals surface area contributed by atoms with Crippen molar-refractivity contribution >= 4 is 17.3 Å². The molecule has 0 aromatic heterocycles. The summed E-state index contributed by atoms with van der Waals surface area (Å²) in [6.07, 6.45) is 0. The van der Waals surface area contributed by atoms with Gasteiger partial charge in [-0.05, 0) is 25.6 Å². The van der Waals surface area contributed by atoms with E-state index in [4.69, 9.17) is 16.3 Å². The molecule has 0 aliphatic carbocycles. The zero-order valence-corrected chi connectivity index (χ0v) is 10.6. The zero-order valence-electron chi connectivity index (χ0n) is 9.88. The van der Waals surface area contributed by atoms with Crippen LogP contribution in [0, 0.1) is 6.92 Å². The highest BCUT2D eigenvalue weighted by atomic mass is 35.5. The number of methoxy groups -OCH3 is 1. The molecule has 0 bridgehead atoms. The lowest BCUT2D eigenvalue weighted by molar-refractivity contribution is 0.402. The van der Waals surface area contributed by atoms with Crippen LogP contribution >= 0.6 is 11.6 Å². The van der Waals surface area contributed by atoms with Crippen molar-refractivity contribution < 1.29 is 4.74 Å². The van der Waals surface area contributed by atoms with Crippen LogP contribution in [0.5, 0.6) is 5.75 Å². The smallest absolute Gasteiger partial charge is 0.143 e. The Morgan fingerprint density at radius 1 is 1.44 bits per heavy atom. The third-order valence-corrected chi connectivity index (χ3v) is 3.50. The van der Waals surface area contributed by atoms with Gasteiger partial charge in [-0.3, -0.25) is 0 Å². The molecule has 1 fully saturated rings. The highest BCUT2D eigenvalue weighted by Gasteiger charge is 2.27. The molecule has 1 aliphatic rings. The van der Waals surface area contributed by atoms with E-state index in [9.17, 15) is 0 Å². The van der Waals surface area contributed by atoms with Gasteiger partial charge in [0.25, 0.3) is 0 Å². The van der Waals surface area contributed by atoms with Gasteiger partial charge in [0.2, 0.25) is 0 Å². The minimum Gasteiger partial charge on any atom is -0.495 e. The maximum atomic E-state index is 6.08. The van der Waals surface area contributed by atoms with Gasteiger partial charge in [-0.2, -0.15) is 0 Å². The second-order valence-corrected chi connectivity index (χ2v) is 4.57. The molecule has 1 aromatic carbocycles. The summed E-state index contributed by atoms with van der Waals surface area (Å²) in [6, 6.07) is 4.56. The van der Waals surface area contributed by atoms with Gasteiger partial charge in [-0.25, -0.2) is 0 Å². The van der Waals surface area contributed by atoms with E-state index in [-0.39, 0.29) is 0 Å². The molecule has 0 atom stereocenters.